The SMILES string of the molecule is CS(=O)(=O)N1CCN2C[C@H]1C(=O)NC[C@H]1O[C@@H](CC(=O)N[C@H]3C[C@@H](C2=O)N(Cc2ccc(Cl)c(F)c2)C3)[C@H](O)[C@@H]1O. The van der Waals surface area contributed by atoms with Gasteiger partial charge in [0.1, 0.15) is 30.2 Å². The number of amides is 3. The second-order valence-electron chi connectivity index (χ2n) is 11.0. The molecule has 0 aliphatic carbocycles. The van der Waals surface area contributed by atoms with Crippen LogP contribution in [0.3, 0.4) is 0 Å². The van der Waals surface area contributed by atoms with E-state index in [2.05, 4.69) is 10.6 Å². The maximum Gasteiger partial charge on any atom is 0.240 e. The molecule has 3 amide bonds. The van der Waals surface area contributed by atoms with E-state index in [0.29, 0.717) is 5.56 Å². The van der Waals surface area contributed by atoms with E-state index in [1.54, 1.807) is 11.0 Å². The number of fused-ring (bicyclic) bond motifs is 6. The summed E-state index contributed by atoms with van der Waals surface area (Å²) >= 11 is 5.83. The van der Waals surface area contributed by atoms with Crippen molar-refractivity contribution < 1.29 is 42.1 Å². The van der Waals surface area contributed by atoms with Gasteiger partial charge in [-0.05, 0) is 24.1 Å². The van der Waals surface area contributed by atoms with Gasteiger partial charge in [-0.3, -0.25) is 19.3 Å². The van der Waals surface area contributed by atoms with Gasteiger partial charge in [0.25, 0.3) is 0 Å². The molecule has 0 saturated carbocycles. The van der Waals surface area contributed by atoms with Crippen LogP contribution in [0.5, 0.6) is 0 Å². The molecule has 4 saturated heterocycles. The Morgan fingerprint density at radius 2 is 1.83 bits per heavy atom. The number of carbonyl (C=O) groups is 3. The van der Waals surface area contributed by atoms with Crippen LogP contribution in [0.25, 0.3) is 0 Å². The maximum atomic E-state index is 14.2. The van der Waals surface area contributed by atoms with E-state index in [1.807, 2.05) is 0 Å². The van der Waals surface area contributed by atoms with Crippen molar-refractivity contribution in [2.45, 2.75) is 61.9 Å². The number of likely N-dealkylation sites (tertiary alicyclic amines) is 1. The molecule has 1 aromatic rings. The molecular weight excluding hydrogens is 585 g/mol. The Balaban J connectivity index is 1.45. The number of benzene rings is 1. The number of nitrogens with zero attached hydrogens (tertiary/aromatic N) is 3. The van der Waals surface area contributed by atoms with Crippen LogP contribution in [0.2, 0.25) is 5.02 Å². The maximum absolute atomic E-state index is 14.2. The van der Waals surface area contributed by atoms with Gasteiger partial charge >= 0.3 is 0 Å². The topological polar surface area (TPSA) is 169 Å². The number of aliphatic hydroxyl groups excluding tert-OH is 2. The molecule has 4 aliphatic heterocycles. The molecule has 7 atom stereocenters. The highest BCUT2D eigenvalue weighted by Crippen LogP contribution is 2.28. The summed E-state index contributed by atoms with van der Waals surface area (Å²) in [6, 6.07) is 1.88. The number of hydrogen-bond donors (Lipinski definition) is 4. The molecule has 16 heteroatoms. The van der Waals surface area contributed by atoms with Crippen molar-refractivity contribution in [3.63, 3.8) is 0 Å². The Bertz CT molecular complexity index is 1320. The summed E-state index contributed by atoms with van der Waals surface area (Å²) in [5.41, 5.74) is 0.559. The first-order valence-corrected chi connectivity index (χ1v) is 15.6. The lowest BCUT2D eigenvalue weighted by atomic mass is 10.0. The number of aliphatic hydroxyl groups is 2. The molecule has 4 fully saturated rings. The number of ether oxygens (including phenoxy) is 1. The Labute approximate surface area is 241 Å². The largest absolute Gasteiger partial charge is 0.388 e. The zero-order valence-corrected chi connectivity index (χ0v) is 23.9. The van der Waals surface area contributed by atoms with Gasteiger partial charge in [0.2, 0.25) is 27.7 Å². The first kappa shape index (κ1) is 30.1. The molecule has 1 aromatic carbocycles. The number of rotatable bonds is 3. The standard InChI is InChI=1S/C25H33ClFN5O8S/c1-41(38,39)32-5-4-30-12-18(32)24(36)28-9-20-23(35)22(34)19(40-20)8-21(33)29-14-7-17(25(30)37)31(11-14)10-13-2-3-15(26)16(27)6-13/h2-3,6,14,17-20,22-23,34-35H,4-5,7-12H2,1H3,(H,28,36)(H,29,33)/t14-,17-,18-,19-,20+,22-,23+/m0/s1. The number of sulfonamides is 1. The number of halogens is 2. The molecular formula is C25H33ClFN5O8S. The molecule has 0 spiro atoms. The molecule has 0 aromatic heterocycles. The number of piperazine rings is 1. The van der Waals surface area contributed by atoms with Gasteiger partial charge in [-0.25, -0.2) is 12.8 Å². The molecule has 5 rings (SSSR count). The molecule has 6 bridgehead atoms. The van der Waals surface area contributed by atoms with Crippen molar-refractivity contribution in [1.29, 1.82) is 0 Å². The van der Waals surface area contributed by atoms with Crippen molar-refractivity contribution in [1.82, 2.24) is 24.7 Å². The Morgan fingerprint density at radius 1 is 1.10 bits per heavy atom. The van der Waals surface area contributed by atoms with Gasteiger partial charge in [0, 0.05) is 45.3 Å². The fourth-order valence-electron chi connectivity index (χ4n) is 6.05. The Kier molecular flexibility index (Phi) is 8.58. The minimum absolute atomic E-state index is 0.0398. The fourth-order valence-corrected chi connectivity index (χ4v) is 7.21. The summed E-state index contributed by atoms with van der Waals surface area (Å²) in [6.07, 6.45) is -3.91. The van der Waals surface area contributed by atoms with Crippen LogP contribution >= 0.6 is 11.6 Å². The Hall–Kier alpha value is -2.40. The highest BCUT2D eigenvalue weighted by molar-refractivity contribution is 7.88. The van der Waals surface area contributed by atoms with Crippen LogP contribution < -0.4 is 10.6 Å². The molecule has 0 unspecified atom stereocenters. The van der Waals surface area contributed by atoms with Gasteiger partial charge in [-0.1, -0.05) is 17.7 Å². The minimum atomic E-state index is -3.81. The average Bonchev–Trinajstić information content (AvgIpc) is 3.42. The zero-order valence-electron chi connectivity index (χ0n) is 22.3. The van der Waals surface area contributed by atoms with Gasteiger partial charge in [-0.15, -0.1) is 0 Å². The van der Waals surface area contributed by atoms with Crippen molar-refractivity contribution >= 4 is 39.3 Å². The van der Waals surface area contributed by atoms with Gasteiger partial charge in [0.15, 0.2) is 0 Å². The third kappa shape index (κ3) is 6.35. The van der Waals surface area contributed by atoms with E-state index in [1.165, 1.54) is 17.0 Å². The van der Waals surface area contributed by atoms with E-state index < -0.39 is 70.2 Å². The van der Waals surface area contributed by atoms with E-state index in [9.17, 15) is 37.4 Å². The van der Waals surface area contributed by atoms with Crippen molar-refractivity contribution in [2.24, 2.45) is 0 Å². The summed E-state index contributed by atoms with van der Waals surface area (Å²) in [5, 5.41) is 26.4. The molecule has 13 nitrogen and oxygen atoms in total. The number of carbonyl (C=O) groups excluding carboxylic acids is 3. The fraction of sp³-hybridized carbons (Fsp3) is 0.640. The van der Waals surface area contributed by atoms with Gasteiger partial charge in [-0.2, -0.15) is 4.31 Å². The van der Waals surface area contributed by atoms with E-state index in [4.69, 9.17) is 16.3 Å². The summed E-state index contributed by atoms with van der Waals surface area (Å²) in [7, 11) is -3.81. The molecule has 226 valence electrons. The van der Waals surface area contributed by atoms with Gasteiger partial charge in [0.05, 0.1) is 29.8 Å². The lowest BCUT2D eigenvalue weighted by Gasteiger charge is -2.40. The minimum Gasteiger partial charge on any atom is -0.388 e. The van der Waals surface area contributed by atoms with Crippen LogP contribution in [0.15, 0.2) is 18.2 Å². The van der Waals surface area contributed by atoms with Crippen molar-refractivity contribution in [3.05, 3.63) is 34.6 Å². The number of nitrogens with one attached hydrogen (secondary N) is 2. The summed E-state index contributed by atoms with van der Waals surface area (Å²) in [4.78, 5) is 43.2. The van der Waals surface area contributed by atoms with E-state index >= 15 is 0 Å². The van der Waals surface area contributed by atoms with E-state index in [0.717, 1.165) is 10.6 Å². The first-order valence-electron chi connectivity index (χ1n) is 13.3. The summed E-state index contributed by atoms with van der Waals surface area (Å²) in [6.45, 7) is -0.102. The molecule has 41 heavy (non-hydrogen) atoms. The highest BCUT2D eigenvalue weighted by atomic mass is 35.5. The smallest absolute Gasteiger partial charge is 0.240 e. The Morgan fingerprint density at radius 3 is 2.54 bits per heavy atom. The third-order valence-electron chi connectivity index (χ3n) is 8.12. The molecule has 4 N–H and O–H groups in total. The second-order valence-corrected chi connectivity index (χ2v) is 13.4. The lowest BCUT2D eigenvalue weighted by molar-refractivity contribution is -0.140. The molecule has 0 radical (unpaired) electrons. The number of hydrogen-bond acceptors (Lipinski definition) is 9. The van der Waals surface area contributed by atoms with E-state index in [-0.39, 0.29) is 63.0 Å². The predicted octanol–water partition coefficient (Wildman–Crippen LogP) is -1.98. The molecule has 4 aliphatic rings. The lowest BCUT2D eigenvalue weighted by Crippen LogP contribution is -2.63. The first-order chi connectivity index (χ1) is 19.3. The van der Waals surface area contributed by atoms with Crippen LogP contribution in [0.4, 0.5) is 4.39 Å². The zero-order chi connectivity index (χ0) is 29.6. The predicted molar refractivity (Wildman–Crippen MR) is 142 cm³/mol. The average molecular weight is 618 g/mol. The van der Waals surface area contributed by atoms with Gasteiger partial charge < -0.3 is 30.5 Å². The van der Waals surface area contributed by atoms with Crippen LogP contribution in [0, 0.1) is 5.82 Å². The molecule has 4 heterocycles. The van der Waals surface area contributed by atoms with Crippen molar-refractivity contribution in [2.75, 3.05) is 39.0 Å². The monoisotopic (exact) mass is 617 g/mol. The van der Waals surface area contributed by atoms with Crippen LogP contribution in [-0.4, -0.2) is 132 Å². The van der Waals surface area contributed by atoms with Crippen molar-refractivity contribution in [3.8, 4) is 0 Å². The summed E-state index contributed by atoms with van der Waals surface area (Å²) in [5.74, 6) is -2.09. The van der Waals surface area contributed by atoms with Crippen LogP contribution in [-0.2, 0) is 35.7 Å². The third-order valence-corrected chi connectivity index (χ3v) is 9.72. The summed E-state index contributed by atoms with van der Waals surface area (Å²) < 4.78 is 45.9. The second kappa shape index (κ2) is 11.7. The quantitative estimate of drug-likeness (QED) is 0.300. The van der Waals surface area contributed by atoms with Crippen LogP contribution in [0.1, 0.15) is 18.4 Å². The highest BCUT2D eigenvalue weighted by Gasteiger charge is 2.47. The normalized spacial score (nSPS) is 34.0.